The van der Waals surface area contributed by atoms with Gasteiger partial charge in [0.25, 0.3) is 5.91 Å². The zero-order valence-corrected chi connectivity index (χ0v) is 18.1. The maximum absolute atomic E-state index is 12.6. The molecular weight excluding hydrogens is 406 g/mol. The number of aromatic nitrogens is 1. The van der Waals surface area contributed by atoms with Gasteiger partial charge in [-0.1, -0.05) is 32.1 Å². The summed E-state index contributed by atoms with van der Waals surface area (Å²) in [7, 11) is -3.60. The molecule has 1 aliphatic carbocycles. The van der Waals surface area contributed by atoms with E-state index in [2.05, 4.69) is 10.3 Å². The fourth-order valence-corrected chi connectivity index (χ4v) is 5.54. The van der Waals surface area contributed by atoms with Crippen LogP contribution in [0.15, 0.2) is 29.4 Å². The second-order valence-corrected chi connectivity index (χ2v) is 10.0. The average Bonchev–Trinajstić information content (AvgIpc) is 2.74. The molecule has 0 aromatic carbocycles. The van der Waals surface area contributed by atoms with Gasteiger partial charge < -0.3 is 10.1 Å². The molecular formula is C21H31N3O5S. The predicted molar refractivity (Wildman–Crippen MR) is 111 cm³/mol. The molecule has 30 heavy (non-hydrogen) atoms. The van der Waals surface area contributed by atoms with Crippen LogP contribution in [0.25, 0.3) is 0 Å². The largest absolute Gasteiger partial charge is 0.455 e. The van der Waals surface area contributed by atoms with E-state index in [0.717, 1.165) is 25.7 Å². The third-order valence-corrected chi connectivity index (χ3v) is 7.76. The van der Waals surface area contributed by atoms with Crippen molar-refractivity contribution in [2.75, 3.05) is 19.7 Å². The van der Waals surface area contributed by atoms with E-state index >= 15 is 0 Å². The third kappa shape index (κ3) is 6.25. The highest BCUT2D eigenvalue weighted by Gasteiger charge is 2.33. The Morgan fingerprint density at radius 1 is 1.07 bits per heavy atom. The fourth-order valence-electron chi connectivity index (χ4n) is 4.10. The van der Waals surface area contributed by atoms with Crippen molar-refractivity contribution in [1.82, 2.24) is 14.6 Å². The maximum Gasteiger partial charge on any atom is 0.309 e. The van der Waals surface area contributed by atoms with Gasteiger partial charge >= 0.3 is 5.97 Å². The van der Waals surface area contributed by atoms with Crippen LogP contribution < -0.4 is 5.32 Å². The van der Waals surface area contributed by atoms with Crippen molar-refractivity contribution in [2.45, 2.75) is 68.7 Å². The van der Waals surface area contributed by atoms with Crippen molar-refractivity contribution < 1.29 is 22.7 Å². The van der Waals surface area contributed by atoms with E-state index in [1.54, 1.807) is 6.07 Å². The number of amides is 1. The number of nitrogens with zero attached hydrogens (tertiary/aromatic N) is 2. The smallest absolute Gasteiger partial charge is 0.309 e. The van der Waals surface area contributed by atoms with Crippen LogP contribution in [0, 0.1) is 5.92 Å². The molecule has 1 aromatic heterocycles. The molecule has 1 aliphatic heterocycles. The normalized spacial score (nSPS) is 20.1. The number of hydrogen-bond donors (Lipinski definition) is 1. The van der Waals surface area contributed by atoms with Crippen molar-refractivity contribution in [1.29, 1.82) is 0 Å². The molecule has 1 saturated heterocycles. The molecule has 1 saturated carbocycles. The highest BCUT2D eigenvalue weighted by atomic mass is 32.2. The molecule has 1 N–H and O–H groups in total. The van der Waals surface area contributed by atoms with Gasteiger partial charge in [0.05, 0.1) is 5.92 Å². The van der Waals surface area contributed by atoms with Crippen LogP contribution in [0.2, 0.25) is 0 Å². The van der Waals surface area contributed by atoms with Crippen molar-refractivity contribution in [3.63, 3.8) is 0 Å². The Morgan fingerprint density at radius 3 is 2.37 bits per heavy atom. The van der Waals surface area contributed by atoms with Gasteiger partial charge in [0.1, 0.15) is 4.90 Å². The Morgan fingerprint density at radius 2 is 1.73 bits per heavy atom. The molecule has 2 fully saturated rings. The summed E-state index contributed by atoms with van der Waals surface area (Å²) in [6.45, 7) is 0.208. The Labute approximate surface area is 178 Å². The van der Waals surface area contributed by atoms with Gasteiger partial charge in [-0.25, -0.2) is 8.42 Å². The van der Waals surface area contributed by atoms with Crippen molar-refractivity contribution in [3.8, 4) is 0 Å². The molecule has 3 rings (SSSR count). The van der Waals surface area contributed by atoms with Crippen LogP contribution in [-0.2, 0) is 24.3 Å². The molecule has 0 spiro atoms. The number of carbonyl (C=O) groups is 2. The molecule has 2 heterocycles. The number of ether oxygens (including phenoxy) is 1. The Balaban J connectivity index is 1.41. The molecule has 0 radical (unpaired) electrons. The Hall–Kier alpha value is -2.00. The standard InChI is InChI=1S/C21H31N3O5S/c25-20(23-18-7-4-2-1-3-5-8-18)16-29-21(26)17-10-13-24(14-11-17)30(27,28)19-9-6-12-22-15-19/h6,9,12,15,17-18H,1-5,7-8,10-11,13-14,16H2,(H,23,25). The summed E-state index contributed by atoms with van der Waals surface area (Å²) in [5.74, 6) is -1.08. The quantitative estimate of drug-likeness (QED) is 0.685. The first-order chi connectivity index (χ1) is 14.5. The van der Waals surface area contributed by atoms with Gasteiger partial charge in [-0.15, -0.1) is 0 Å². The Kier molecular flexibility index (Phi) is 8.21. The molecule has 9 heteroatoms. The number of sulfonamides is 1. The second-order valence-electron chi connectivity index (χ2n) is 8.08. The average molecular weight is 438 g/mol. The summed E-state index contributed by atoms with van der Waals surface area (Å²) in [5, 5.41) is 2.98. The number of nitrogens with one attached hydrogen (secondary N) is 1. The molecule has 8 nitrogen and oxygen atoms in total. The summed E-state index contributed by atoms with van der Waals surface area (Å²) in [6, 6.07) is 3.26. The minimum atomic E-state index is -3.60. The van der Waals surface area contributed by atoms with Crippen LogP contribution in [-0.4, -0.2) is 55.3 Å². The topological polar surface area (TPSA) is 106 Å². The maximum atomic E-state index is 12.6. The first-order valence-corrected chi connectivity index (χ1v) is 12.3. The summed E-state index contributed by atoms with van der Waals surface area (Å²) < 4.78 is 31.8. The number of rotatable bonds is 6. The van der Waals surface area contributed by atoms with E-state index in [0.29, 0.717) is 12.8 Å². The number of piperidine rings is 1. The van der Waals surface area contributed by atoms with Crippen LogP contribution in [0.5, 0.6) is 0 Å². The zero-order chi connectivity index (χ0) is 21.4. The highest BCUT2D eigenvalue weighted by molar-refractivity contribution is 7.89. The molecule has 0 bridgehead atoms. The van der Waals surface area contributed by atoms with E-state index in [4.69, 9.17) is 4.74 Å². The van der Waals surface area contributed by atoms with Gasteiger partial charge in [-0.2, -0.15) is 4.31 Å². The lowest BCUT2D eigenvalue weighted by molar-refractivity contribution is -0.153. The SMILES string of the molecule is O=C(COC(=O)C1CCN(S(=O)(=O)c2cccnc2)CC1)NC1CCCCCCC1. The predicted octanol–water partition coefficient (Wildman–Crippen LogP) is 2.25. The lowest BCUT2D eigenvalue weighted by Crippen LogP contribution is -2.42. The second kappa shape index (κ2) is 10.9. The lowest BCUT2D eigenvalue weighted by Gasteiger charge is -2.30. The summed E-state index contributed by atoms with van der Waals surface area (Å²) >= 11 is 0. The van der Waals surface area contributed by atoms with Crippen LogP contribution in [0.3, 0.4) is 0 Å². The van der Waals surface area contributed by atoms with E-state index in [1.807, 2.05) is 0 Å². The van der Waals surface area contributed by atoms with E-state index in [9.17, 15) is 18.0 Å². The first kappa shape index (κ1) is 22.7. The van der Waals surface area contributed by atoms with Gasteiger partial charge in [0.15, 0.2) is 6.61 Å². The van der Waals surface area contributed by atoms with Crippen molar-refractivity contribution in [3.05, 3.63) is 24.5 Å². The molecule has 1 aromatic rings. The number of pyridine rings is 1. The molecule has 1 amide bonds. The van der Waals surface area contributed by atoms with Crippen molar-refractivity contribution in [2.24, 2.45) is 5.92 Å². The molecule has 0 unspecified atom stereocenters. The number of carbonyl (C=O) groups excluding carboxylic acids is 2. The van der Waals surface area contributed by atoms with Gasteiger partial charge in [0, 0.05) is 31.5 Å². The van der Waals surface area contributed by atoms with Gasteiger partial charge in [-0.3, -0.25) is 14.6 Å². The summed E-state index contributed by atoms with van der Waals surface area (Å²) in [6.07, 6.45) is 11.5. The third-order valence-electron chi connectivity index (χ3n) is 5.88. The van der Waals surface area contributed by atoms with Crippen LogP contribution >= 0.6 is 0 Å². The number of hydrogen-bond acceptors (Lipinski definition) is 6. The van der Waals surface area contributed by atoms with E-state index in [1.165, 1.54) is 42.0 Å². The van der Waals surface area contributed by atoms with Gasteiger partial charge in [0.2, 0.25) is 10.0 Å². The van der Waals surface area contributed by atoms with Crippen LogP contribution in [0.4, 0.5) is 0 Å². The minimum absolute atomic E-state index is 0.150. The zero-order valence-electron chi connectivity index (χ0n) is 17.3. The van der Waals surface area contributed by atoms with E-state index in [-0.39, 0.29) is 42.5 Å². The van der Waals surface area contributed by atoms with E-state index < -0.39 is 16.0 Å². The number of esters is 1. The molecule has 0 atom stereocenters. The van der Waals surface area contributed by atoms with Crippen molar-refractivity contribution >= 4 is 21.9 Å². The Bertz CT molecular complexity index is 799. The van der Waals surface area contributed by atoms with Crippen LogP contribution in [0.1, 0.15) is 57.8 Å². The molecule has 166 valence electrons. The van der Waals surface area contributed by atoms with Gasteiger partial charge in [-0.05, 0) is 37.8 Å². The fraction of sp³-hybridized carbons (Fsp3) is 0.667. The molecule has 2 aliphatic rings. The lowest BCUT2D eigenvalue weighted by atomic mass is 9.97. The highest BCUT2D eigenvalue weighted by Crippen LogP contribution is 2.24. The summed E-state index contributed by atoms with van der Waals surface area (Å²) in [5.41, 5.74) is 0. The monoisotopic (exact) mass is 437 g/mol. The first-order valence-electron chi connectivity index (χ1n) is 10.8. The summed E-state index contributed by atoms with van der Waals surface area (Å²) in [4.78, 5) is 28.5. The minimum Gasteiger partial charge on any atom is -0.455 e.